The predicted octanol–water partition coefficient (Wildman–Crippen LogP) is 17.6. The maximum Gasteiger partial charge on any atom is 0.179 e. The number of fused-ring (bicyclic) bond motifs is 6. The van der Waals surface area contributed by atoms with E-state index < -0.39 is 16.1 Å². The third kappa shape index (κ3) is 9.81. The molecular formula is C90H66N4Si2. The second kappa shape index (κ2) is 24.8. The van der Waals surface area contributed by atoms with E-state index in [1.165, 1.54) is 63.0 Å². The zero-order chi connectivity index (χ0) is 63.8. The molecule has 4 nitrogen and oxygen atoms in total. The SMILES string of the molecule is c1ccc(N(c2ccccc2)c2ccc(N(c3ccc4c(c3)c3cc([Si](c5ccccc5)(c5ccccc5)c5ccccc5)ccc3n4-c3ccccc3)c3ccc4c(c3)c3cc([Si](c5ccccc5)(c5ccccc5)c5ccccc5)ccc3n4-c3ccccc3)cc2)cc1. The molecule has 0 spiro atoms. The van der Waals surface area contributed by atoms with E-state index in [0.717, 1.165) is 67.6 Å². The maximum absolute atomic E-state index is 2.95. The molecule has 0 radical (unpaired) electrons. The van der Waals surface area contributed by atoms with Crippen molar-refractivity contribution in [1.82, 2.24) is 9.13 Å². The molecule has 0 atom stereocenters. The number of anilines is 6. The minimum Gasteiger partial charge on any atom is -0.311 e. The zero-order valence-corrected chi connectivity index (χ0v) is 54.9. The van der Waals surface area contributed by atoms with Crippen molar-refractivity contribution < 1.29 is 0 Å². The normalized spacial score (nSPS) is 11.8. The smallest absolute Gasteiger partial charge is 0.179 e. The summed E-state index contributed by atoms with van der Waals surface area (Å²) < 4.78 is 4.92. The quantitative estimate of drug-likeness (QED) is 0.0708. The summed E-state index contributed by atoms with van der Waals surface area (Å²) in [5.74, 6) is 0. The van der Waals surface area contributed by atoms with E-state index in [1.54, 1.807) is 0 Å². The number of hydrogen-bond donors (Lipinski definition) is 0. The number of benzene rings is 15. The van der Waals surface area contributed by atoms with Gasteiger partial charge in [-0.3, -0.25) is 0 Å². The summed E-state index contributed by atoms with van der Waals surface area (Å²) in [4.78, 5) is 4.82. The molecule has 17 rings (SSSR count). The van der Waals surface area contributed by atoms with E-state index in [0.29, 0.717) is 0 Å². The molecule has 0 unspecified atom stereocenters. The van der Waals surface area contributed by atoms with Gasteiger partial charge in [0.05, 0.1) is 22.1 Å². The molecule has 0 aliphatic rings. The highest BCUT2D eigenvalue weighted by molar-refractivity contribution is 7.20. The van der Waals surface area contributed by atoms with E-state index >= 15 is 0 Å². The highest BCUT2D eigenvalue weighted by Crippen LogP contribution is 2.44. The van der Waals surface area contributed by atoms with Gasteiger partial charge in [-0.2, -0.15) is 0 Å². The Morgan fingerprint density at radius 2 is 0.375 bits per heavy atom. The summed E-state index contributed by atoms with van der Waals surface area (Å²) >= 11 is 0. The first kappa shape index (κ1) is 57.8. The van der Waals surface area contributed by atoms with Gasteiger partial charge in [0.15, 0.2) is 16.1 Å². The van der Waals surface area contributed by atoms with E-state index in [9.17, 15) is 0 Å². The van der Waals surface area contributed by atoms with Gasteiger partial charge >= 0.3 is 0 Å². The summed E-state index contributed by atoms with van der Waals surface area (Å²) in [5.41, 5.74) is 13.2. The molecule has 2 aromatic heterocycles. The fourth-order valence-corrected chi connectivity index (χ4v) is 24.9. The Labute approximate surface area is 562 Å². The first-order valence-electron chi connectivity index (χ1n) is 33.1. The molecule has 0 N–H and O–H groups in total. The summed E-state index contributed by atoms with van der Waals surface area (Å²) in [6, 6.07) is 149. The largest absolute Gasteiger partial charge is 0.311 e. The molecule has 6 heteroatoms. The van der Waals surface area contributed by atoms with Crippen molar-refractivity contribution in [2.45, 2.75) is 0 Å². The van der Waals surface area contributed by atoms with Gasteiger partial charge in [-0.15, -0.1) is 0 Å². The molecule has 0 saturated carbocycles. The van der Waals surface area contributed by atoms with Crippen molar-refractivity contribution in [2.75, 3.05) is 9.80 Å². The average molecular weight is 1260 g/mol. The molecule has 0 saturated heterocycles. The highest BCUT2D eigenvalue weighted by Gasteiger charge is 2.43. The second-order valence-electron chi connectivity index (χ2n) is 24.8. The summed E-state index contributed by atoms with van der Waals surface area (Å²) in [6.07, 6.45) is 0. The predicted molar refractivity (Wildman–Crippen MR) is 412 cm³/mol. The fraction of sp³-hybridized carbons (Fsp3) is 0. The van der Waals surface area contributed by atoms with Crippen molar-refractivity contribution in [3.63, 3.8) is 0 Å². The van der Waals surface area contributed by atoms with Crippen LogP contribution in [0.1, 0.15) is 0 Å². The van der Waals surface area contributed by atoms with E-state index in [1.807, 2.05) is 0 Å². The van der Waals surface area contributed by atoms with E-state index in [4.69, 9.17) is 0 Å². The fourth-order valence-electron chi connectivity index (χ4n) is 15.4. The lowest BCUT2D eigenvalue weighted by Gasteiger charge is -2.34. The van der Waals surface area contributed by atoms with E-state index in [2.05, 4.69) is 419 Å². The second-order valence-corrected chi connectivity index (χ2v) is 32.4. The summed E-state index contributed by atoms with van der Waals surface area (Å²) in [7, 11) is -5.90. The zero-order valence-electron chi connectivity index (χ0n) is 52.9. The maximum atomic E-state index is 2.55. The van der Waals surface area contributed by atoms with Gasteiger partial charge in [-0.1, -0.05) is 279 Å². The van der Waals surface area contributed by atoms with Crippen LogP contribution in [0.5, 0.6) is 0 Å². The van der Waals surface area contributed by atoms with Crippen LogP contribution in [0.2, 0.25) is 0 Å². The Morgan fingerprint density at radius 3 is 0.656 bits per heavy atom. The topological polar surface area (TPSA) is 16.3 Å². The number of aromatic nitrogens is 2. The van der Waals surface area contributed by atoms with Crippen LogP contribution in [0, 0.1) is 0 Å². The molecule has 96 heavy (non-hydrogen) atoms. The van der Waals surface area contributed by atoms with Gasteiger partial charge in [0.25, 0.3) is 0 Å². The minimum absolute atomic E-state index is 1.03. The van der Waals surface area contributed by atoms with Gasteiger partial charge in [-0.05, 0) is 163 Å². The molecule has 0 fully saturated rings. The third-order valence-electron chi connectivity index (χ3n) is 19.5. The summed E-state index contributed by atoms with van der Waals surface area (Å²) in [5, 5.41) is 15.4. The van der Waals surface area contributed by atoms with Gasteiger partial charge in [-0.25, -0.2) is 0 Å². The number of para-hydroxylation sites is 4. The Balaban J connectivity index is 0.934. The van der Waals surface area contributed by atoms with Crippen LogP contribution in [0.15, 0.2) is 400 Å². The first-order valence-corrected chi connectivity index (χ1v) is 37.1. The highest BCUT2D eigenvalue weighted by atomic mass is 28.3. The van der Waals surface area contributed by atoms with Gasteiger partial charge in [0, 0.05) is 67.0 Å². The van der Waals surface area contributed by atoms with Crippen LogP contribution in [0.4, 0.5) is 34.1 Å². The van der Waals surface area contributed by atoms with Crippen LogP contribution in [-0.2, 0) is 0 Å². The molecule has 15 aromatic carbocycles. The van der Waals surface area contributed by atoms with Gasteiger partial charge in [0.1, 0.15) is 0 Å². The molecule has 0 amide bonds. The van der Waals surface area contributed by atoms with Crippen molar-refractivity contribution in [3.8, 4) is 11.4 Å². The third-order valence-corrected chi connectivity index (χ3v) is 29.1. The number of hydrogen-bond acceptors (Lipinski definition) is 2. The Hall–Kier alpha value is -12.1. The van der Waals surface area contributed by atoms with Gasteiger partial charge < -0.3 is 18.9 Å². The number of nitrogens with zero attached hydrogens (tertiary/aromatic N) is 4. The van der Waals surface area contributed by atoms with Crippen molar-refractivity contribution in [1.29, 1.82) is 0 Å². The molecule has 2 heterocycles. The lowest BCUT2D eigenvalue weighted by atomic mass is 10.1. The molecule has 454 valence electrons. The molecule has 0 aliphatic carbocycles. The molecule has 0 bridgehead atoms. The van der Waals surface area contributed by atoms with Crippen LogP contribution in [0.3, 0.4) is 0 Å². The van der Waals surface area contributed by atoms with Crippen LogP contribution in [0.25, 0.3) is 55.0 Å². The molecular weight excluding hydrogens is 1190 g/mol. The monoisotopic (exact) mass is 1260 g/mol. The lowest BCUT2D eigenvalue weighted by molar-refractivity contribution is 1.18. The first-order chi connectivity index (χ1) is 47.6. The summed E-state index contributed by atoms with van der Waals surface area (Å²) in [6.45, 7) is 0. The standard InChI is InChI=1S/C90H66N4Si2/c1-11-31-67(32-12-1)91(68-33-13-2-14-34-68)71-51-53-72(54-52-71)92(73-55-59-87-83(63-73)85-65-81(57-61-89(85)93(87)69-35-15-3-16-36-69)95(75-39-19-5-20-40-75,76-41-21-6-22-42-76)77-43-23-7-24-44-77)74-56-60-88-84(64-74)86-66-82(58-62-90(86)94(88)70-37-17-4-18-38-70)96(78-45-25-8-26-46-78,79-47-27-9-28-48-79)80-49-29-10-30-50-80/h1-66H. The Bertz CT molecular complexity index is 5020. The van der Waals surface area contributed by atoms with Crippen molar-refractivity contribution in [2.24, 2.45) is 0 Å². The average Bonchev–Trinajstić information content (AvgIpc) is 1.39. The molecule has 0 aliphatic heterocycles. The van der Waals surface area contributed by atoms with Crippen LogP contribution >= 0.6 is 0 Å². The van der Waals surface area contributed by atoms with Crippen LogP contribution in [-0.4, -0.2) is 25.3 Å². The minimum atomic E-state index is -2.95. The van der Waals surface area contributed by atoms with Gasteiger partial charge in [0.2, 0.25) is 0 Å². The Morgan fingerprint density at radius 1 is 0.167 bits per heavy atom. The van der Waals surface area contributed by atoms with Crippen molar-refractivity contribution >= 4 is 135 Å². The van der Waals surface area contributed by atoms with Crippen LogP contribution < -0.4 is 51.3 Å². The van der Waals surface area contributed by atoms with E-state index in [-0.39, 0.29) is 0 Å². The molecule has 17 aromatic rings. The lowest BCUT2D eigenvalue weighted by Crippen LogP contribution is -2.74. The Kier molecular flexibility index (Phi) is 14.9. The van der Waals surface area contributed by atoms with Crippen molar-refractivity contribution in [3.05, 3.63) is 400 Å². The number of rotatable bonds is 16.